The highest BCUT2D eigenvalue weighted by molar-refractivity contribution is 7.98. The minimum Gasteiger partial charge on any atom is -0.338 e. The SMILES string of the molecule is CC[C@H](CSC)N(C)C(=O)c1ccc(S(N)(=O)=O)cc1. The van der Waals surface area contributed by atoms with E-state index in [2.05, 4.69) is 0 Å². The van der Waals surface area contributed by atoms with Crippen molar-refractivity contribution in [1.29, 1.82) is 0 Å². The number of rotatable bonds is 6. The molecule has 0 aliphatic heterocycles. The lowest BCUT2D eigenvalue weighted by Crippen LogP contribution is -2.38. The summed E-state index contributed by atoms with van der Waals surface area (Å²) in [6.45, 7) is 2.04. The van der Waals surface area contributed by atoms with Crippen molar-refractivity contribution in [2.45, 2.75) is 24.3 Å². The van der Waals surface area contributed by atoms with Crippen molar-refractivity contribution >= 4 is 27.7 Å². The van der Waals surface area contributed by atoms with E-state index in [4.69, 9.17) is 5.14 Å². The summed E-state index contributed by atoms with van der Waals surface area (Å²) in [7, 11) is -1.96. The van der Waals surface area contributed by atoms with Crippen LogP contribution in [-0.2, 0) is 10.0 Å². The van der Waals surface area contributed by atoms with Crippen molar-refractivity contribution in [3.05, 3.63) is 29.8 Å². The van der Waals surface area contributed by atoms with Gasteiger partial charge in [0.2, 0.25) is 10.0 Å². The van der Waals surface area contributed by atoms with Gasteiger partial charge >= 0.3 is 0 Å². The first kappa shape index (κ1) is 17.0. The summed E-state index contributed by atoms with van der Waals surface area (Å²) in [4.78, 5) is 14.0. The monoisotopic (exact) mass is 316 g/mol. The van der Waals surface area contributed by atoms with Gasteiger partial charge in [-0.05, 0) is 36.9 Å². The molecule has 0 aliphatic rings. The first-order chi connectivity index (χ1) is 9.31. The van der Waals surface area contributed by atoms with Gasteiger partial charge in [-0.3, -0.25) is 4.79 Å². The molecule has 0 fully saturated rings. The highest BCUT2D eigenvalue weighted by Crippen LogP contribution is 2.14. The fourth-order valence-corrected chi connectivity index (χ4v) is 3.21. The number of thioether (sulfide) groups is 1. The van der Waals surface area contributed by atoms with Crippen LogP contribution in [0, 0.1) is 0 Å². The maximum absolute atomic E-state index is 12.3. The Bertz CT molecular complexity index is 555. The largest absolute Gasteiger partial charge is 0.338 e. The summed E-state index contributed by atoms with van der Waals surface area (Å²) >= 11 is 1.69. The van der Waals surface area contributed by atoms with Crippen molar-refractivity contribution in [2.75, 3.05) is 19.1 Å². The molecule has 1 atom stereocenters. The Labute approximate surface area is 124 Å². The number of benzene rings is 1. The molecule has 1 rings (SSSR count). The molecule has 0 saturated heterocycles. The predicted molar refractivity (Wildman–Crippen MR) is 82.4 cm³/mol. The van der Waals surface area contributed by atoms with Crippen molar-refractivity contribution in [2.24, 2.45) is 5.14 Å². The molecule has 1 aromatic rings. The second-order valence-corrected chi connectivity index (χ2v) is 6.97. The van der Waals surface area contributed by atoms with Crippen LogP contribution in [0.25, 0.3) is 0 Å². The average molecular weight is 316 g/mol. The van der Waals surface area contributed by atoms with Crippen LogP contribution in [0.5, 0.6) is 0 Å². The number of primary sulfonamides is 1. The number of amides is 1. The van der Waals surface area contributed by atoms with Gasteiger partial charge in [0.25, 0.3) is 5.91 Å². The molecule has 1 amide bonds. The van der Waals surface area contributed by atoms with Crippen LogP contribution in [0.2, 0.25) is 0 Å². The van der Waals surface area contributed by atoms with Crippen LogP contribution >= 0.6 is 11.8 Å². The molecule has 7 heteroatoms. The number of nitrogens with zero attached hydrogens (tertiary/aromatic N) is 1. The molecule has 1 aromatic carbocycles. The minimum atomic E-state index is -3.72. The highest BCUT2D eigenvalue weighted by atomic mass is 32.2. The lowest BCUT2D eigenvalue weighted by molar-refractivity contribution is 0.0743. The van der Waals surface area contributed by atoms with E-state index in [1.807, 2.05) is 13.2 Å². The summed E-state index contributed by atoms with van der Waals surface area (Å²) in [5, 5.41) is 5.03. The van der Waals surface area contributed by atoms with Gasteiger partial charge in [-0.2, -0.15) is 11.8 Å². The van der Waals surface area contributed by atoms with Gasteiger partial charge in [-0.25, -0.2) is 13.6 Å². The zero-order chi connectivity index (χ0) is 15.3. The third kappa shape index (κ3) is 4.22. The third-order valence-corrected chi connectivity index (χ3v) is 4.78. The molecule has 0 aromatic heterocycles. The van der Waals surface area contributed by atoms with E-state index in [1.54, 1.807) is 23.7 Å². The molecule has 2 N–H and O–H groups in total. The number of nitrogens with two attached hydrogens (primary N) is 1. The van der Waals surface area contributed by atoms with E-state index in [0.29, 0.717) is 5.56 Å². The topological polar surface area (TPSA) is 80.5 Å². The molecule has 0 spiro atoms. The lowest BCUT2D eigenvalue weighted by atomic mass is 10.1. The second kappa shape index (κ2) is 7.10. The van der Waals surface area contributed by atoms with E-state index >= 15 is 0 Å². The van der Waals surface area contributed by atoms with Crippen molar-refractivity contribution in [1.82, 2.24) is 4.90 Å². The Hall–Kier alpha value is -1.05. The number of hydrogen-bond donors (Lipinski definition) is 1. The van der Waals surface area contributed by atoms with E-state index in [9.17, 15) is 13.2 Å². The molecule has 5 nitrogen and oxygen atoms in total. The van der Waals surface area contributed by atoms with E-state index in [-0.39, 0.29) is 16.8 Å². The summed E-state index contributed by atoms with van der Waals surface area (Å²) < 4.78 is 22.3. The Morgan fingerprint density at radius 1 is 1.35 bits per heavy atom. The minimum absolute atomic E-state index is 0.00728. The first-order valence-corrected chi connectivity index (χ1v) is 9.14. The predicted octanol–water partition coefficient (Wildman–Crippen LogP) is 1.55. The van der Waals surface area contributed by atoms with Crippen LogP contribution in [0.3, 0.4) is 0 Å². The molecular weight excluding hydrogens is 296 g/mol. The second-order valence-electron chi connectivity index (χ2n) is 4.50. The normalized spacial score (nSPS) is 13.0. The summed E-state index contributed by atoms with van der Waals surface area (Å²) in [6.07, 6.45) is 2.88. The zero-order valence-electron chi connectivity index (χ0n) is 11.9. The van der Waals surface area contributed by atoms with E-state index in [1.165, 1.54) is 24.3 Å². The van der Waals surface area contributed by atoms with Crippen molar-refractivity contribution in [3.8, 4) is 0 Å². The van der Waals surface area contributed by atoms with Crippen LogP contribution in [0.15, 0.2) is 29.2 Å². The van der Waals surface area contributed by atoms with Crippen molar-refractivity contribution < 1.29 is 13.2 Å². The molecule has 0 radical (unpaired) electrons. The van der Waals surface area contributed by atoms with Crippen LogP contribution < -0.4 is 5.14 Å². The van der Waals surface area contributed by atoms with Crippen molar-refractivity contribution in [3.63, 3.8) is 0 Å². The zero-order valence-corrected chi connectivity index (χ0v) is 13.5. The average Bonchev–Trinajstić information content (AvgIpc) is 2.42. The van der Waals surface area contributed by atoms with Gasteiger partial charge in [-0.15, -0.1) is 0 Å². The lowest BCUT2D eigenvalue weighted by Gasteiger charge is -2.26. The Balaban J connectivity index is 2.92. The maximum Gasteiger partial charge on any atom is 0.253 e. The Kier molecular flexibility index (Phi) is 6.04. The third-order valence-electron chi connectivity index (χ3n) is 3.13. The number of hydrogen-bond acceptors (Lipinski definition) is 4. The first-order valence-electron chi connectivity index (χ1n) is 6.20. The fraction of sp³-hybridized carbons (Fsp3) is 0.462. The summed E-state index contributed by atoms with van der Waals surface area (Å²) in [5.41, 5.74) is 0.458. The van der Waals surface area contributed by atoms with Gasteiger partial charge in [0.05, 0.1) is 4.90 Å². The quantitative estimate of drug-likeness (QED) is 0.863. The summed E-state index contributed by atoms with van der Waals surface area (Å²) in [5.74, 6) is 0.750. The molecule has 20 heavy (non-hydrogen) atoms. The van der Waals surface area contributed by atoms with E-state index < -0.39 is 10.0 Å². The molecule has 0 heterocycles. The maximum atomic E-state index is 12.3. The summed E-state index contributed by atoms with van der Waals surface area (Å²) in [6, 6.07) is 5.85. The molecule has 0 aliphatic carbocycles. The van der Waals surface area contributed by atoms with E-state index in [0.717, 1.165) is 12.2 Å². The number of carbonyl (C=O) groups is 1. The van der Waals surface area contributed by atoms with Gasteiger partial charge < -0.3 is 4.90 Å². The van der Waals surface area contributed by atoms with Crippen LogP contribution in [0.4, 0.5) is 0 Å². The number of sulfonamides is 1. The number of carbonyl (C=O) groups excluding carboxylic acids is 1. The molecule has 0 bridgehead atoms. The van der Waals surface area contributed by atoms with Gasteiger partial charge in [-0.1, -0.05) is 6.92 Å². The standard InChI is InChI=1S/C13H20N2O3S2/c1-4-11(9-19-3)15(2)13(16)10-5-7-12(8-6-10)20(14,17)18/h5-8,11H,4,9H2,1-3H3,(H2,14,17,18)/t11-/m1/s1. The highest BCUT2D eigenvalue weighted by Gasteiger charge is 2.19. The fourth-order valence-electron chi connectivity index (χ4n) is 1.85. The Morgan fingerprint density at radius 2 is 1.90 bits per heavy atom. The van der Waals surface area contributed by atoms with Gasteiger partial charge in [0, 0.05) is 24.4 Å². The smallest absolute Gasteiger partial charge is 0.253 e. The molecule has 0 unspecified atom stereocenters. The van der Waals surface area contributed by atoms with Gasteiger partial charge in [0.1, 0.15) is 0 Å². The van der Waals surface area contributed by atoms with Gasteiger partial charge in [0.15, 0.2) is 0 Å². The van der Waals surface area contributed by atoms with Crippen LogP contribution in [-0.4, -0.2) is 44.3 Å². The van der Waals surface area contributed by atoms with Crippen LogP contribution in [0.1, 0.15) is 23.7 Å². The molecule has 0 saturated carbocycles. The Morgan fingerprint density at radius 3 is 2.30 bits per heavy atom. The molecular formula is C13H20N2O3S2. The molecule has 112 valence electrons.